The highest BCUT2D eigenvalue weighted by atomic mass is 32.2. The van der Waals surface area contributed by atoms with Crippen LogP contribution in [0.15, 0.2) is 53.7 Å². The van der Waals surface area contributed by atoms with Crippen LogP contribution in [0, 0.1) is 5.92 Å². The quantitative estimate of drug-likeness (QED) is 0.846. The molecular formula is C16H18N2OS. The van der Waals surface area contributed by atoms with Gasteiger partial charge in [-0.3, -0.25) is 9.78 Å². The van der Waals surface area contributed by atoms with Gasteiger partial charge in [0.1, 0.15) is 0 Å². The highest BCUT2D eigenvalue weighted by molar-refractivity contribution is 7.98. The smallest absolute Gasteiger partial charge is 0.226 e. The van der Waals surface area contributed by atoms with Crippen molar-refractivity contribution in [2.24, 2.45) is 5.92 Å². The number of carbonyl (C=O) groups excluding carboxylic acids is 1. The predicted octanol–water partition coefficient (Wildman–Crippen LogP) is 3.97. The lowest BCUT2D eigenvalue weighted by atomic mass is 10.2. The number of aromatic nitrogens is 1. The summed E-state index contributed by atoms with van der Waals surface area (Å²) >= 11 is 1.75. The van der Waals surface area contributed by atoms with Crippen LogP contribution in [0.3, 0.4) is 0 Å². The molecule has 0 radical (unpaired) electrons. The Kier molecular flexibility index (Phi) is 5.18. The largest absolute Gasteiger partial charge is 0.326 e. The van der Waals surface area contributed by atoms with Crippen LogP contribution in [0.25, 0.3) is 0 Å². The zero-order chi connectivity index (χ0) is 14.4. The van der Waals surface area contributed by atoms with Crippen LogP contribution in [-0.2, 0) is 10.5 Å². The zero-order valence-electron chi connectivity index (χ0n) is 11.7. The standard InChI is InChI=1S/C16H18N2OS/c1-12(2)16(19)18-14-5-7-15(8-6-14)20-11-13-4-3-9-17-10-13/h3-10,12H,11H2,1-2H3,(H,18,19). The van der Waals surface area contributed by atoms with Crippen LogP contribution in [-0.4, -0.2) is 10.9 Å². The summed E-state index contributed by atoms with van der Waals surface area (Å²) < 4.78 is 0. The molecule has 0 aliphatic rings. The van der Waals surface area contributed by atoms with Gasteiger partial charge in [0, 0.05) is 34.6 Å². The zero-order valence-corrected chi connectivity index (χ0v) is 12.5. The molecule has 2 rings (SSSR count). The van der Waals surface area contributed by atoms with Crippen LogP contribution in [0.2, 0.25) is 0 Å². The van der Waals surface area contributed by atoms with Gasteiger partial charge in [-0.15, -0.1) is 11.8 Å². The number of carbonyl (C=O) groups is 1. The van der Waals surface area contributed by atoms with Gasteiger partial charge in [0.15, 0.2) is 0 Å². The van der Waals surface area contributed by atoms with E-state index in [4.69, 9.17) is 0 Å². The minimum absolute atomic E-state index is 0.00497. The number of nitrogens with zero attached hydrogens (tertiary/aromatic N) is 1. The number of rotatable bonds is 5. The van der Waals surface area contributed by atoms with Crippen LogP contribution in [0.5, 0.6) is 0 Å². The molecule has 1 amide bonds. The molecule has 0 saturated carbocycles. The Morgan fingerprint density at radius 1 is 1.25 bits per heavy atom. The van der Waals surface area contributed by atoms with E-state index < -0.39 is 0 Å². The lowest BCUT2D eigenvalue weighted by Crippen LogP contribution is -2.17. The van der Waals surface area contributed by atoms with E-state index in [1.165, 1.54) is 10.5 Å². The maximum Gasteiger partial charge on any atom is 0.226 e. The SMILES string of the molecule is CC(C)C(=O)Nc1ccc(SCc2cccnc2)cc1. The van der Waals surface area contributed by atoms with Crippen molar-refractivity contribution in [1.29, 1.82) is 0 Å². The van der Waals surface area contributed by atoms with Gasteiger partial charge in [0.05, 0.1) is 0 Å². The molecular weight excluding hydrogens is 268 g/mol. The highest BCUT2D eigenvalue weighted by Gasteiger charge is 2.06. The molecule has 4 heteroatoms. The Morgan fingerprint density at radius 2 is 2.00 bits per heavy atom. The summed E-state index contributed by atoms with van der Waals surface area (Å²) in [4.78, 5) is 16.9. The van der Waals surface area contributed by atoms with Crippen molar-refractivity contribution in [2.45, 2.75) is 24.5 Å². The highest BCUT2D eigenvalue weighted by Crippen LogP contribution is 2.24. The van der Waals surface area contributed by atoms with E-state index in [0.717, 1.165) is 11.4 Å². The minimum atomic E-state index is -0.00497. The third-order valence-electron chi connectivity index (χ3n) is 2.77. The molecule has 1 N–H and O–H groups in total. The Balaban J connectivity index is 1.90. The molecule has 0 bridgehead atoms. The van der Waals surface area contributed by atoms with Gasteiger partial charge in [0.25, 0.3) is 0 Å². The Bertz CT molecular complexity index is 552. The van der Waals surface area contributed by atoms with E-state index in [-0.39, 0.29) is 11.8 Å². The number of hydrogen-bond donors (Lipinski definition) is 1. The second-order valence-electron chi connectivity index (χ2n) is 4.82. The van der Waals surface area contributed by atoms with Crippen LogP contribution in [0.4, 0.5) is 5.69 Å². The lowest BCUT2D eigenvalue weighted by molar-refractivity contribution is -0.118. The summed E-state index contributed by atoms with van der Waals surface area (Å²) in [5, 5.41) is 2.88. The normalized spacial score (nSPS) is 10.6. The molecule has 1 heterocycles. The van der Waals surface area contributed by atoms with Gasteiger partial charge < -0.3 is 5.32 Å². The number of benzene rings is 1. The molecule has 0 atom stereocenters. The molecule has 0 fully saturated rings. The number of hydrogen-bond acceptors (Lipinski definition) is 3. The topological polar surface area (TPSA) is 42.0 Å². The lowest BCUT2D eigenvalue weighted by Gasteiger charge is -2.08. The Morgan fingerprint density at radius 3 is 2.60 bits per heavy atom. The fourth-order valence-corrected chi connectivity index (χ4v) is 2.40. The summed E-state index contributed by atoms with van der Waals surface area (Å²) in [6.07, 6.45) is 3.66. The van der Waals surface area contributed by atoms with Crippen LogP contribution < -0.4 is 5.32 Å². The second-order valence-corrected chi connectivity index (χ2v) is 5.87. The summed E-state index contributed by atoms with van der Waals surface area (Å²) in [6, 6.07) is 11.9. The second kappa shape index (κ2) is 7.10. The Hall–Kier alpha value is -1.81. The predicted molar refractivity (Wildman–Crippen MR) is 83.7 cm³/mol. The van der Waals surface area contributed by atoms with Crippen molar-refractivity contribution in [3.63, 3.8) is 0 Å². The van der Waals surface area contributed by atoms with Gasteiger partial charge in [-0.05, 0) is 35.9 Å². The molecule has 3 nitrogen and oxygen atoms in total. The van der Waals surface area contributed by atoms with E-state index >= 15 is 0 Å². The molecule has 0 aliphatic carbocycles. The van der Waals surface area contributed by atoms with Gasteiger partial charge in [-0.1, -0.05) is 19.9 Å². The third kappa shape index (κ3) is 4.38. The maximum absolute atomic E-state index is 11.6. The van der Waals surface area contributed by atoms with E-state index in [0.29, 0.717) is 0 Å². The molecule has 1 aromatic carbocycles. The van der Waals surface area contributed by atoms with Crippen LogP contribution in [0.1, 0.15) is 19.4 Å². The van der Waals surface area contributed by atoms with Gasteiger partial charge in [0.2, 0.25) is 5.91 Å². The van der Waals surface area contributed by atoms with Gasteiger partial charge in [-0.2, -0.15) is 0 Å². The first-order valence-electron chi connectivity index (χ1n) is 6.58. The average molecular weight is 286 g/mol. The number of anilines is 1. The molecule has 0 saturated heterocycles. The minimum Gasteiger partial charge on any atom is -0.326 e. The van der Waals surface area contributed by atoms with Crippen molar-refractivity contribution in [2.75, 3.05) is 5.32 Å². The number of thioether (sulfide) groups is 1. The molecule has 1 aromatic heterocycles. The number of pyridine rings is 1. The maximum atomic E-state index is 11.6. The summed E-state index contributed by atoms with van der Waals surface area (Å²) in [5.74, 6) is 0.932. The average Bonchev–Trinajstić information content (AvgIpc) is 2.47. The van der Waals surface area contributed by atoms with Crippen molar-refractivity contribution in [1.82, 2.24) is 4.98 Å². The molecule has 2 aromatic rings. The van der Waals surface area contributed by atoms with E-state index in [1.807, 2.05) is 50.4 Å². The van der Waals surface area contributed by atoms with Crippen molar-refractivity contribution < 1.29 is 4.79 Å². The summed E-state index contributed by atoms with van der Waals surface area (Å²) in [6.45, 7) is 3.76. The van der Waals surface area contributed by atoms with Crippen LogP contribution >= 0.6 is 11.8 Å². The van der Waals surface area contributed by atoms with Gasteiger partial charge >= 0.3 is 0 Å². The first-order valence-corrected chi connectivity index (χ1v) is 7.56. The fraction of sp³-hybridized carbons (Fsp3) is 0.250. The molecule has 0 spiro atoms. The first kappa shape index (κ1) is 14.6. The van der Waals surface area contributed by atoms with E-state index in [2.05, 4.69) is 16.4 Å². The molecule has 0 aliphatic heterocycles. The monoisotopic (exact) mass is 286 g/mol. The summed E-state index contributed by atoms with van der Waals surface area (Å²) in [5.41, 5.74) is 2.05. The molecule has 104 valence electrons. The molecule has 0 unspecified atom stereocenters. The van der Waals surface area contributed by atoms with Crippen molar-refractivity contribution >= 4 is 23.4 Å². The fourth-order valence-electron chi connectivity index (χ4n) is 1.57. The van der Waals surface area contributed by atoms with Crippen molar-refractivity contribution in [3.8, 4) is 0 Å². The summed E-state index contributed by atoms with van der Waals surface area (Å²) in [7, 11) is 0. The third-order valence-corrected chi connectivity index (χ3v) is 3.86. The first-order chi connectivity index (χ1) is 9.65. The Labute approximate surface area is 123 Å². The van der Waals surface area contributed by atoms with E-state index in [9.17, 15) is 4.79 Å². The number of nitrogens with one attached hydrogen (secondary N) is 1. The van der Waals surface area contributed by atoms with Gasteiger partial charge in [-0.25, -0.2) is 0 Å². The number of amides is 1. The van der Waals surface area contributed by atoms with E-state index in [1.54, 1.807) is 18.0 Å². The molecule has 20 heavy (non-hydrogen) atoms. The van der Waals surface area contributed by atoms with Crippen molar-refractivity contribution in [3.05, 3.63) is 54.4 Å².